The van der Waals surface area contributed by atoms with Crippen LogP contribution in [0.1, 0.15) is 82.3 Å². The van der Waals surface area contributed by atoms with Crippen molar-refractivity contribution in [2.24, 2.45) is 5.92 Å². The molecule has 0 radical (unpaired) electrons. The molecule has 3 unspecified atom stereocenters. The fraction of sp³-hybridized carbons (Fsp3) is 0.542. The Kier molecular flexibility index (Phi) is 6.72. The van der Waals surface area contributed by atoms with Crippen LogP contribution in [0.15, 0.2) is 30.5 Å². The Balaban J connectivity index is 1.97. The van der Waals surface area contributed by atoms with Gasteiger partial charge < -0.3 is 15.7 Å². The van der Waals surface area contributed by atoms with Crippen molar-refractivity contribution in [3.8, 4) is 0 Å². The normalized spacial score (nSPS) is 18.5. The largest absolute Gasteiger partial charge is 0.480 e. The second-order valence-corrected chi connectivity index (χ2v) is 9.52. The molecule has 31 heavy (non-hydrogen) atoms. The molecule has 0 saturated heterocycles. The number of carbonyl (C=O) groups excluding carboxylic acids is 1. The van der Waals surface area contributed by atoms with Gasteiger partial charge in [-0.25, -0.2) is 9.78 Å². The minimum Gasteiger partial charge on any atom is -0.480 e. The van der Waals surface area contributed by atoms with Gasteiger partial charge in [-0.15, -0.1) is 0 Å². The number of hydrogen-bond donors (Lipinski definition) is 3. The zero-order valence-corrected chi connectivity index (χ0v) is 19.1. The molecule has 0 fully saturated rings. The minimum atomic E-state index is -1.02. The van der Waals surface area contributed by atoms with Gasteiger partial charge in [-0.05, 0) is 58.1 Å². The standard InChI is InChI=1S/C24H34N4O3/c1-6-15(2)19(23(30)31)26-22(29)17-12-13-28-18(14-17)25-20(16-10-8-7-9-11-16)21(28)27-24(3,4)5/h7-8,12-16,19,27H,6,9-11H2,1-5H3,(H,26,29)(H,30,31). The SMILES string of the molecule is CCC(C)C(NC(=O)c1ccn2c(NC(C)(C)C)c(C3CC=CCC3)nc2c1)C(=O)O. The summed E-state index contributed by atoms with van der Waals surface area (Å²) >= 11 is 0. The van der Waals surface area contributed by atoms with E-state index in [1.54, 1.807) is 12.1 Å². The predicted octanol–water partition coefficient (Wildman–Crippen LogP) is 4.60. The van der Waals surface area contributed by atoms with E-state index in [-0.39, 0.29) is 11.5 Å². The van der Waals surface area contributed by atoms with E-state index in [0.717, 1.165) is 30.8 Å². The highest BCUT2D eigenvalue weighted by atomic mass is 16.4. The zero-order chi connectivity index (χ0) is 22.8. The number of imidazole rings is 1. The van der Waals surface area contributed by atoms with Crippen molar-refractivity contribution in [1.29, 1.82) is 0 Å². The lowest BCUT2D eigenvalue weighted by atomic mass is 9.91. The van der Waals surface area contributed by atoms with E-state index < -0.39 is 17.9 Å². The number of carboxylic acids is 1. The van der Waals surface area contributed by atoms with Crippen LogP contribution in [0.2, 0.25) is 0 Å². The molecule has 0 aromatic carbocycles. The number of carboxylic acid groups (broad SMARTS) is 1. The van der Waals surface area contributed by atoms with E-state index in [2.05, 4.69) is 43.6 Å². The smallest absolute Gasteiger partial charge is 0.326 e. The second kappa shape index (κ2) is 9.12. The number of fused-ring (bicyclic) bond motifs is 1. The van der Waals surface area contributed by atoms with Gasteiger partial charge in [0, 0.05) is 23.2 Å². The lowest BCUT2D eigenvalue weighted by Crippen LogP contribution is -2.45. The molecular formula is C24H34N4O3. The van der Waals surface area contributed by atoms with Crippen LogP contribution in [0.4, 0.5) is 5.82 Å². The average Bonchev–Trinajstić information content (AvgIpc) is 3.07. The number of carbonyl (C=O) groups is 2. The first-order chi connectivity index (χ1) is 14.6. The molecule has 0 saturated carbocycles. The second-order valence-electron chi connectivity index (χ2n) is 9.52. The quantitative estimate of drug-likeness (QED) is 0.563. The Morgan fingerprint density at radius 1 is 1.32 bits per heavy atom. The van der Waals surface area contributed by atoms with Crippen molar-refractivity contribution in [3.63, 3.8) is 0 Å². The molecule has 0 bridgehead atoms. The fourth-order valence-electron chi connectivity index (χ4n) is 3.92. The molecule has 1 aliphatic rings. The van der Waals surface area contributed by atoms with Crippen LogP contribution in [-0.4, -0.2) is 37.9 Å². The van der Waals surface area contributed by atoms with Gasteiger partial charge in [0.1, 0.15) is 17.5 Å². The molecule has 168 valence electrons. The first kappa shape index (κ1) is 22.8. The lowest BCUT2D eigenvalue weighted by Gasteiger charge is -2.25. The van der Waals surface area contributed by atoms with Gasteiger partial charge in [-0.2, -0.15) is 0 Å². The highest BCUT2D eigenvalue weighted by Crippen LogP contribution is 2.35. The molecule has 2 aromatic rings. The summed E-state index contributed by atoms with van der Waals surface area (Å²) in [6, 6.07) is 2.54. The molecule has 3 atom stereocenters. The van der Waals surface area contributed by atoms with E-state index in [4.69, 9.17) is 4.98 Å². The summed E-state index contributed by atoms with van der Waals surface area (Å²) in [6.45, 7) is 10.1. The van der Waals surface area contributed by atoms with Gasteiger partial charge in [0.05, 0.1) is 5.69 Å². The summed E-state index contributed by atoms with van der Waals surface area (Å²) in [5.41, 5.74) is 1.96. The number of nitrogens with zero attached hydrogens (tertiary/aromatic N) is 2. The third-order valence-corrected chi connectivity index (χ3v) is 5.83. The van der Waals surface area contributed by atoms with Gasteiger partial charge >= 0.3 is 5.97 Å². The number of nitrogens with one attached hydrogen (secondary N) is 2. The Bertz CT molecular complexity index is 987. The molecule has 0 spiro atoms. The number of aromatic nitrogens is 2. The van der Waals surface area contributed by atoms with Crippen molar-refractivity contribution in [1.82, 2.24) is 14.7 Å². The van der Waals surface area contributed by atoms with E-state index in [0.29, 0.717) is 23.5 Å². The van der Waals surface area contributed by atoms with Crippen molar-refractivity contribution < 1.29 is 14.7 Å². The molecule has 0 aliphatic heterocycles. The third kappa shape index (κ3) is 5.27. The summed E-state index contributed by atoms with van der Waals surface area (Å²) in [4.78, 5) is 29.3. The predicted molar refractivity (Wildman–Crippen MR) is 123 cm³/mol. The van der Waals surface area contributed by atoms with E-state index in [1.165, 1.54) is 0 Å². The number of allylic oxidation sites excluding steroid dienone is 2. The van der Waals surface area contributed by atoms with Gasteiger partial charge in [-0.1, -0.05) is 32.4 Å². The van der Waals surface area contributed by atoms with E-state index >= 15 is 0 Å². The van der Waals surface area contributed by atoms with E-state index in [1.807, 2.05) is 24.4 Å². The first-order valence-corrected chi connectivity index (χ1v) is 11.1. The summed E-state index contributed by atoms with van der Waals surface area (Å²) < 4.78 is 1.99. The highest BCUT2D eigenvalue weighted by molar-refractivity contribution is 5.97. The van der Waals surface area contributed by atoms with Gasteiger partial charge in [0.2, 0.25) is 0 Å². The van der Waals surface area contributed by atoms with Crippen molar-refractivity contribution >= 4 is 23.3 Å². The summed E-state index contributed by atoms with van der Waals surface area (Å²) in [5, 5.41) is 15.7. The molecule has 3 rings (SSSR count). The molecule has 1 amide bonds. The van der Waals surface area contributed by atoms with Gasteiger partial charge in [0.25, 0.3) is 5.91 Å². The van der Waals surface area contributed by atoms with Crippen LogP contribution in [0.3, 0.4) is 0 Å². The molecule has 2 heterocycles. The number of pyridine rings is 1. The van der Waals surface area contributed by atoms with Crippen LogP contribution in [0.25, 0.3) is 5.65 Å². The first-order valence-electron chi connectivity index (χ1n) is 11.1. The van der Waals surface area contributed by atoms with Crippen LogP contribution in [0, 0.1) is 5.92 Å². The number of amides is 1. The number of hydrogen-bond acceptors (Lipinski definition) is 4. The Labute approximate surface area is 183 Å². The minimum absolute atomic E-state index is 0.143. The number of anilines is 1. The van der Waals surface area contributed by atoms with Crippen LogP contribution in [-0.2, 0) is 4.79 Å². The van der Waals surface area contributed by atoms with Crippen molar-refractivity contribution in [2.45, 2.75) is 77.8 Å². The molecule has 3 N–H and O–H groups in total. The molecule has 2 aromatic heterocycles. The fourth-order valence-corrected chi connectivity index (χ4v) is 3.92. The Hall–Kier alpha value is -2.83. The monoisotopic (exact) mass is 426 g/mol. The maximum atomic E-state index is 12.8. The van der Waals surface area contributed by atoms with Gasteiger partial charge in [0.15, 0.2) is 0 Å². The Morgan fingerprint density at radius 3 is 2.65 bits per heavy atom. The number of rotatable bonds is 7. The topological polar surface area (TPSA) is 95.7 Å². The van der Waals surface area contributed by atoms with Crippen LogP contribution in [0.5, 0.6) is 0 Å². The number of aliphatic carboxylic acids is 1. The molecular weight excluding hydrogens is 392 g/mol. The highest BCUT2D eigenvalue weighted by Gasteiger charge is 2.27. The summed E-state index contributed by atoms with van der Waals surface area (Å²) in [7, 11) is 0. The summed E-state index contributed by atoms with van der Waals surface area (Å²) in [5.74, 6) is -0.295. The van der Waals surface area contributed by atoms with Crippen molar-refractivity contribution in [2.75, 3.05) is 5.32 Å². The molecule has 7 nitrogen and oxygen atoms in total. The van der Waals surface area contributed by atoms with Crippen LogP contribution >= 0.6 is 0 Å². The zero-order valence-electron chi connectivity index (χ0n) is 19.1. The van der Waals surface area contributed by atoms with Crippen molar-refractivity contribution in [3.05, 3.63) is 41.7 Å². The van der Waals surface area contributed by atoms with E-state index in [9.17, 15) is 14.7 Å². The average molecular weight is 427 g/mol. The summed E-state index contributed by atoms with van der Waals surface area (Å²) in [6.07, 6.45) is 9.95. The molecule has 7 heteroatoms. The maximum Gasteiger partial charge on any atom is 0.326 e. The lowest BCUT2D eigenvalue weighted by molar-refractivity contribution is -0.140. The van der Waals surface area contributed by atoms with Crippen LogP contribution < -0.4 is 10.6 Å². The third-order valence-electron chi connectivity index (χ3n) is 5.83. The maximum absolute atomic E-state index is 12.8. The van der Waals surface area contributed by atoms with Gasteiger partial charge in [-0.3, -0.25) is 9.20 Å². The molecule has 1 aliphatic carbocycles. The Morgan fingerprint density at radius 2 is 2.06 bits per heavy atom.